The summed E-state index contributed by atoms with van der Waals surface area (Å²) >= 11 is 0. The van der Waals surface area contributed by atoms with E-state index in [1.54, 1.807) is 0 Å². The van der Waals surface area contributed by atoms with Gasteiger partial charge in [-0.1, -0.05) is 0 Å². The van der Waals surface area contributed by atoms with Gasteiger partial charge >= 0.3 is 5.97 Å². The van der Waals surface area contributed by atoms with Gasteiger partial charge in [0.15, 0.2) is 0 Å². The summed E-state index contributed by atoms with van der Waals surface area (Å²) in [5.74, 6) is -1.17. The van der Waals surface area contributed by atoms with E-state index in [-0.39, 0.29) is 28.6 Å². The molecule has 21 heavy (non-hydrogen) atoms. The highest BCUT2D eigenvalue weighted by molar-refractivity contribution is 7.89. The van der Waals surface area contributed by atoms with Crippen LogP contribution >= 0.6 is 0 Å². The van der Waals surface area contributed by atoms with Crippen LogP contribution in [0.4, 0.5) is 0 Å². The Balaban J connectivity index is 1.81. The monoisotopic (exact) mass is 315 g/mol. The predicted molar refractivity (Wildman–Crippen MR) is 71.6 cm³/mol. The van der Waals surface area contributed by atoms with E-state index in [0.29, 0.717) is 18.9 Å². The van der Waals surface area contributed by atoms with Crippen molar-refractivity contribution in [2.45, 2.75) is 43.2 Å². The van der Waals surface area contributed by atoms with Crippen molar-refractivity contribution in [2.24, 2.45) is 5.92 Å². The molecule has 0 spiro atoms. The standard InChI is InChI=1S/C13H17NO6S/c1-7-11(6-10(20-7)13(15)16)21(17,18)14-9-4-5-19-12(9)8-2-3-8/h6,8-9,12,14H,2-5H2,1H3,(H,15,16). The molecule has 1 aromatic heterocycles. The lowest BCUT2D eigenvalue weighted by Gasteiger charge is -2.19. The number of ether oxygens (including phenoxy) is 1. The van der Waals surface area contributed by atoms with Gasteiger partial charge in [-0.3, -0.25) is 0 Å². The van der Waals surface area contributed by atoms with E-state index >= 15 is 0 Å². The van der Waals surface area contributed by atoms with Crippen LogP contribution in [0, 0.1) is 12.8 Å². The molecule has 0 amide bonds. The minimum Gasteiger partial charge on any atom is -0.475 e. The number of aryl methyl sites for hydroxylation is 1. The van der Waals surface area contributed by atoms with Crippen LogP contribution in [0.2, 0.25) is 0 Å². The molecule has 116 valence electrons. The second-order valence-corrected chi connectivity index (χ2v) is 7.21. The molecule has 1 aromatic rings. The van der Waals surface area contributed by atoms with Crippen LogP contribution in [0.15, 0.2) is 15.4 Å². The highest BCUT2D eigenvalue weighted by Gasteiger charge is 2.42. The van der Waals surface area contributed by atoms with Crippen molar-refractivity contribution in [3.8, 4) is 0 Å². The molecule has 1 aliphatic heterocycles. The van der Waals surface area contributed by atoms with Crippen molar-refractivity contribution in [1.29, 1.82) is 0 Å². The van der Waals surface area contributed by atoms with Gasteiger partial charge in [0.2, 0.25) is 15.8 Å². The minimum atomic E-state index is -3.81. The molecule has 2 N–H and O–H groups in total. The third-order valence-electron chi connectivity index (χ3n) is 3.90. The van der Waals surface area contributed by atoms with Crippen LogP contribution in [-0.2, 0) is 14.8 Å². The van der Waals surface area contributed by atoms with Crippen molar-refractivity contribution in [2.75, 3.05) is 6.61 Å². The summed E-state index contributed by atoms with van der Waals surface area (Å²) in [5.41, 5.74) is 0. The van der Waals surface area contributed by atoms with Crippen molar-refractivity contribution in [3.05, 3.63) is 17.6 Å². The normalized spacial score (nSPS) is 26.1. The lowest BCUT2D eigenvalue weighted by atomic mass is 10.1. The van der Waals surface area contributed by atoms with Crippen molar-refractivity contribution < 1.29 is 27.5 Å². The Morgan fingerprint density at radius 1 is 1.38 bits per heavy atom. The van der Waals surface area contributed by atoms with Gasteiger partial charge in [0.05, 0.1) is 12.1 Å². The maximum Gasteiger partial charge on any atom is 0.371 e. The van der Waals surface area contributed by atoms with Gasteiger partial charge in [-0.15, -0.1) is 0 Å². The highest BCUT2D eigenvalue weighted by Crippen LogP contribution is 2.39. The SMILES string of the molecule is Cc1oc(C(=O)O)cc1S(=O)(=O)NC1CCOC1C1CC1. The van der Waals surface area contributed by atoms with E-state index in [0.717, 1.165) is 18.9 Å². The van der Waals surface area contributed by atoms with Crippen LogP contribution < -0.4 is 4.72 Å². The zero-order chi connectivity index (χ0) is 15.2. The fraction of sp³-hybridized carbons (Fsp3) is 0.615. The van der Waals surface area contributed by atoms with Gasteiger partial charge in [-0.25, -0.2) is 17.9 Å². The smallest absolute Gasteiger partial charge is 0.371 e. The van der Waals surface area contributed by atoms with E-state index in [1.807, 2.05) is 0 Å². The average molecular weight is 315 g/mol. The number of hydrogen-bond donors (Lipinski definition) is 2. The Hall–Kier alpha value is -1.38. The predicted octanol–water partition coefficient (Wildman–Crippen LogP) is 1.13. The second-order valence-electron chi connectivity index (χ2n) is 5.53. The Morgan fingerprint density at radius 2 is 2.10 bits per heavy atom. The lowest BCUT2D eigenvalue weighted by molar-refractivity contribution is 0.0661. The molecule has 7 nitrogen and oxygen atoms in total. The Morgan fingerprint density at radius 3 is 2.67 bits per heavy atom. The van der Waals surface area contributed by atoms with Crippen molar-refractivity contribution in [1.82, 2.24) is 4.72 Å². The van der Waals surface area contributed by atoms with Crippen molar-refractivity contribution in [3.63, 3.8) is 0 Å². The molecule has 1 aliphatic carbocycles. The zero-order valence-corrected chi connectivity index (χ0v) is 12.4. The van der Waals surface area contributed by atoms with Gasteiger partial charge in [-0.2, -0.15) is 0 Å². The van der Waals surface area contributed by atoms with Crippen LogP contribution in [0.25, 0.3) is 0 Å². The molecule has 1 saturated carbocycles. The quantitative estimate of drug-likeness (QED) is 0.844. The number of hydrogen-bond acceptors (Lipinski definition) is 5. The van der Waals surface area contributed by atoms with Crippen LogP contribution in [0.3, 0.4) is 0 Å². The molecule has 3 rings (SSSR count). The fourth-order valence-electron chi connectivity index (χ4n) is 2.73. The molecule has 2 unspecified atom stereocenters. The molecular formula is C13H17NO6S. The Labute approximate surface area is 122 Å². The molecule has 0 radical (unpaired) electrons. The molecule has 0 bridgehead atoms. The first-order valence-electron chi connectivity index (χ1n) is 6.86. The highest BCUT2D eigenvalue weighted by atomic mass is 32.2. The third kappa shape index (κ3) is 2.83. The summed E-state index contributed by atoms with van der Waals surface area (Å²) in [4.78, 5) is 10.7. The molecule has 2 aliphatic rings. The maximum absolute atomic E-state index is 12.4. The molecular weight excluding hydrogens is 298 g/mol. The molecule has 1 saturated heterocycles. The van der Waals surface area contributed by atoms with Crippen LogP contribution in [0.1, 0.15) is 35.6 Å². The Bertz CT molecular complexity index is 660. The number of carboxylic acids is 1. The van der Waals surface area contributed by atoms with Crippen molar-refractivity contribution >= 4 is 16.0 Å². The first kappa shape index (κ1) is 14.6. The number of carboxylic acid groups (broad SMARTS) is 1. The summed E-state index contributed by atoms with van der Waals surface area (Å²) in [5, 5.41) is 8.87. The molecule has 2 atom stereocenters. The average Bonchev–Trinajstić information content (AvgIpc) is 3.00. The van der Waals surface area contributed by atoms with E-state index in [9.17, 15) is 13.2 Å². The molecule has 0 aromatic carbocycles. The van der Waals surface area contributed by atoms with Gasteiger partial charge < -0.3 is 14.3 Å². The van der Waals surface area contributed by atoms with Gasteiger partial charge in [0.25, 0.3) is 0 Å². The second kappa shape index (κ2) is 5.11. The molecule has 2 heterocycles. The summed E-state index contributed by atoms with van der Waals surface area (Å²) in [6, 6.07) is 0.784. The van der Waals surface area contributed by atoms with E-state index in [4.69, 9.17) is 14.3 Å². The van der Waals surface area contributed by atoms with Gasteiger partial charge in [0, 0.05) is 12.7 Å². The number of sulfonamides is 1. The first-order valence-corrected chi connectivity index (χ1v) is 8.34. The van der Waals surface area contributed by atoms with E-state index in [2.05, 4.69) is 4.72 Å². The summed E-state index contributed by atoms with van der Waals surface area (Å²) in [7, 11) is -3.81. The van der Waals surface area contributed by atoms with E-state index in [1.165, 1.54) is 6.92 Å². The third-order valence-corrected chi connectivity index (χ3v) is 5.50. The number of rotatable bonds is 5. The lowest BCUT2D eigenvalue weighted by Crippen LogP contribution is -2.41. The molecule has 8 heteroatoms. The maximum atomic E-state index is 12.4. The Kier molecular flexibility index (Phi) is 3.54. The van der Waals surface area contributed by atoms with Crippen LogP contribution in [-0.4, -0.2) is 38.2 Å². The summed E-state index contributed by atoms with van der Waals surface area (Å²) in [6.45, 7) is 1.98. The number of nitrogens with one attached hydrogen (secondary N) is 1. The number of furan rings is 1. The van der Waals surface area contributed by atoms with Gasteiger partial charge in [-0.05, 0) is 32.1 Å². The summed E-state index contributed by atoms with van der Waals surface area (Å²) in [6.07, 6.45) is 2.68. The first-order chi connectivity index (χ1) is 9.88. The number of carbonyl (C=O) groups is 1. The zero-order valence-electron chi connectivity index (χ0n) is 11.5. The minimum absolute atomic E-state index is 0.0711. The topological polar surface area (TPSA) is 106 Å². The van der Waals surface area contributed by atoms with Crippen LogP contribution in [0.5, 0.6) is 0 Å². The fourth-order valence-corrected chi connectivity index (χ4v) is 4.19. The van der Waals surface area contributed by atoms with E-state index < -0.39 is 16.0 Å². The largest absolute Gasteiger partial charge is 0.475 e. The molecule has 2 fully saturated rings. The summed E-state index contributed by atoms with van der Waals surface area (Å²) < 4.78 is 38.0. The number of aromatic carboxylic acids is 1. The van der Waals surface area contributed by atoms with Gasteiger partial charge in [0.1, 0.15) is 10.7 Å².